The highest BCUT2D eigenvalue weighted by atomic mass is 35.5. The highest BCUT2D eigenvalue weighted by Gasteiger charge is 2.38. The van der Waals surface area contributed by atoms with Crippen LogP contribution >= 0.6 is 23.8 Å². The maximum atomic E-state index is 13.3. The summed E-state index contributed by atoms with van der Waals surface area (Å²) in [5.74, 6) is 1.49. The Bertz CT molecular complexity index is 1070. The highest BCUT2D eigenvalue weighted by molar-refractivity contribution is 7.80. The van der Waals surface area contributed by atoms with Crippen LogP contribution < -0.4 is 19.1 Å². The molecule has 1 amide bonds. The Balaban J connectivity index is 2.06. The Morgan fingerprint density at radius 1 is 1.15 bits per heavy atom. The third-order valence-electron chi connectivity index (χ3n) is 4.85. The predicted molar refractivity (Wildman–Crippen MR) is 136 cm³/mol. The number of hydrogen-bond acceptors (Lipinski definition) is 5. The number of anilines is 1. The topological polar surface area (TPSA) is 51.2 Å². The Morgan fingerprint density at radius 2 is 1.88 bits per heavy atom. The fraction of sp³-hybridized carbons (Fsp3) is 0.280. The maximum Gasteiger partial charge on any atom is 0.277 e. The maximum absolute atomic E-state index is 13.3. The molecule has 0 spiro atoms. The fourth-order valence-electron chi connectivity index (χ4n) is 3.39. The minimum atomic E-state index is -0.227. The molecule has 174 valence electrons. The monoisotopic (exact) mass is 486 g/mol. The van der Waals surface area contributed by atoms with Gasteiger partial charge in [-0.2, -0.15) is 0 Å². The van der Waals surface area contributed by atoms with Gasteiger partial charge in [0.05, 0.1) is 25.3 Å². The van der Waals surface area contributed by atoms with E-state index in [1.807, 2.05) is 38.1 Å². The predicted octanol–water partition coefficient (Wildman–Crippen LogP) is 5.70. The molecule has 0 aromatic heterocycles. The summed E-state index contributed by atoms with van der Waals surface area (Å²) >= 11 is 12.1. The lowest BCUT2D eigenvalue weighted by atomic mass is 10.1. The van der Waals surface area contributed by atoms with Crippen LogP contribution in [0, 0.1) is 0 Å². The number of rotatable bonds is 10. The molecule has 3 rings (SSSR count). The van der Waals surface area contributed by atoms with E-state index >= 15 is 0 Å². The van der Waals surface area contributed by atoms with Gasteiger partial charge in [0, 0.05) is 12.2 Å². The van der Waals surface area contributed by atoms with Crippen LogP contribution in [-0.2, 0) is 4.79 Å². The summed E-state index contributed by atoms with van der Waals surface area (Å²) < 4.78 is 16.8. The lowest BCUT2D eigenvalue weighted by Crippen LogP contribution is -2.32. The Hall–Kier alpha value is -3.03. The molecule has 1 aliphatic heterocycles. The fourth-order valence-corrected chi connectivity index (χ4v) is 4.03. The quantitative estimate of drug-likeness (QED) is 0.244. The molecule has 1 fully saturated rings. The van der Waals surface area contributed by atoms with Crippen LogP contribution in [0.25, 0.3) is 6.08 Å². The number of carbonyl (C=O) groups excluding carboxylic acids is 1. The molecule has 0 radical (unpaired) electrons. The van der Waals surface area contributed by atoms with E-state index in [-0.39, 0.29) is 5.91 Å². The van der Waals surface area contributed by atoms with Gasteiger partial charge in [-0.1, -0.05) is 24.6 Å². The van der Waals surface area contributed by atoms with E-state index in [9.17, 15) is 4.79 Å². The zero-order valence-electron chi connectivity index (χ0n) is 19.0. The molecule has 0 atom stereocenters. The van der Waals surface area contributed by atoms with Crippen molar-refractivity contribution in [2.75, 3.05) is 31.8 Å². The molecule has 8 heteroatoms. The van der Waals surface area contributed by atoms with Gasteiger partial charge in [0.25, 0.3) is 5.91 Å². The largest absolute Gasteiger partial charge is 0.494 e. The van der Waals surface area contributed by atoms with Crippen molar-refractivity contribution < 1.29 is 19.0 Å². The molecule has 6 nitrogen and oxygen atoms in total. The molecular weight excluding hydrogens is 460 g/mol. The molecule has 1 aliphatic rings. The first kappa shape index (κ1) is 24.6. The van der Waals surface area contributed by atoms with E-state index in [0.717, 1.165) is 17.9 Å². The van der Waals surface area contributed by atoms with Gasteiger partial charge in [0.15, 0.2) is 16.6 Å². The number of thiocarbonyl (C=S) groups is 1. The normalized spacial score (nSPS) is 14.7. The Kier molecular flexibility index (Phi) is 8.36. The summed E-state index contributed by atoms with van der Waals surface area (Å²) in [6, 6.07) is 11.0. The van der Waals surface area contributed by atoms with Crippen molar-refractivity contribution in [3.63, 3.8) is 0 Å². The van der Waals surface area contributed by atoms with E-state index in [2.05, 4.69) is 6.58 Å². The molecule has 1 saturated heterocycles. The van der Waals surface area contributed by atoms with E-state index < -0.39 is 0 Å². The lowest BCUT2D eigenvalue weighted by molar-refractivity contribution is -0.121. The van der Waals surface area contributed by atoms with Gasteiger partial charge in [-0.05, 0) is 73.6 Å². The van der Waals surface area contributed by atoms with Crippen molar-refractivity contribution in [3.8, 4) is 17.2 Å². The second-order valence-electron chi connectivity index (χ2n) is 7.16. The third kappa shape index (κ3) is 5.31. The van der Waals surface area contributed by atoms with Crippen LogP contribution in [-0.4, -0.2) is 42.8 Å². The number of ether oxygens (including phenoxy) is 3. The molecule has 2 aromatic carbocycles. The van der Waals surface area contributed by atoms with Crippen LogP contribution in [0.15, 0.2) is 54.8 Å². The van der Waals surface area contributed by atoms with Crippen molar-refractivity contribution in [3.05, 3.63) is 65.3 Å². The Morgan fingerprint density at radius 3 is 2.48 bits per heavy atom. The van der Waals surface area contributed by atoms with Crippen LogP contribution in [0.2, 0.25) is 5.02 Å². The van der Waals surface area contributed by atoms with E-state index in [4.69, 9.17) is 38.0 Å². The third-order valence-corrected chi connectivity index (χ3v) is 5.53. The first-order valence-corrected chi connectivity index (χ1v) is 11.4. The van der Waals surface area contributed by atoms with Crippen molar-refractivity contribution in [2.45, 2.75) is 20.3 Å². The first-order valence-electron chi connectivity index (χ1n) is 10.7. The number of amides is 1. The summed E-state index contributed by atoms with van der Waals surface area (Å²) in [5, 5.41) is 0.773. The van der Waals surface area contributed by atoms with Gasteiger partial charge in [-0.25, -0.2) is 0 Å². The van der Waals surface area contributed by atoms with Gasteiger partial charge in [-0.15, -0.1) is 6.58 Å². The van der Waals surface area contributed by atoms with Crippen molar-refractivity contribution in [2.24, 2.45) is 0 Å². The minimum Gasteiger partial charge on any atom is -0.494 e. The summed E-state index contributed by atoms with van der Waals surface area (Å²) in [6.07, 6.45) is 4.23. The van der Waals surface area contributed by atoms with Gasteiger partial charge in [-0.3, -0.25) is 14.6 Å². The molecule has 33 heavy (non-hydrogen) atoms. The van der Waals surface area contributed by atoms with Crippen LogP contribution in [0.5, 0.6) is 17.2 Å². The first-order chi connectivity index (χ1) is 15.9. The van der Waals surface area contributed by atoms with E-state index in [1.54, 1.807) is 36.3 Å². The van der Waals surface area contributed by atoms with Crippen molar-refractivity contribution in [1.29, 1.82) is 0 Å². The molecule has 0 bridgehead atoms. The van der Waals surface area contributed by atoms with Crippen LogP contribution in [0.3, 0.4) is 0 Å². The number of benzene rings is 2. The van der Waals surface area contributed by atoms with Gasteiger partial charge in [0.1, 0.15) is 11.4 Å². The molecule has 0 N–H and O–H groups in total. The molecule has 0 saturated carbocycles. The van der Waals surface area contributed by atoms with Gasteiger partial charge in [0.2, 0.25) is 0 Å². The van der Waals surface area contributed by atoms with E-state index in [0.29, 0.717) is 52.7 Å². The van der Waals surface area contributed by atoms with Crippen LogP contribution in [0.1, 0.15) is 25.8 Å². The second-order valence-corrected chi connectivity index (χ2v) is 7.93. The Labute approximate surface area is 205 Å². The standard InChI is InChI=1S/C25H27ClN2O4S/c1-5-12-27-24(29)21(28(25(27)33)18-8-10-19(11-9-18)31-7-3)15-17-14-20(26)23(32-13-6-2)22(16-17)30-4/h5,8-11,14-16H,1,6-7,12-13H2,2-4H3/b21-15+. The van der Waals surface area contributed by atoms with Crippen molar-refractivity contribution in [1.82, 2.24) is 4.90 Å². The number of carbonyl (C=O) groups is 1. The number of methoxy groups -OCH3 is 1. The lowest BCUT2D eigenvalue weighted by Gasteiger charge is -2.20. The average molecular weight is 487 g/mol. The molecule has 0 aliphatic carbocycles. The summed E-state index contributed by atoms with van der Waals surface area (Å²) in [7, 11) is 1.55. The van der Waals surface area contributed by atoms with Crippen LogP contribution in [0.4, 0.5) is 5.69 Å². The summed E-state index contributed by atoms with van der Waals surface area (Å²) in [6.45, 7) is 9.07. The SMILES string of the molecule is C=CCN1C(=O)/C(=C\c2cc(Cl)c(OCCC)c(OC)c2)N(c2ccc(OCC)cc2)C1=S. The summed E-state index contributed by atoms with van der Waals surface area (Å²) in [5.41, 5.74) is 1.82. The number of nitrogens with zero attached hydrogens (tertiary/aromatic N) is 2. The highest BCUT2D eigenvalue weighted by Crippen LogP contribution is 2.38. The van der Waals surface area contributed by atoms with Gasteiger partial charge < -0.3 is 14.2 Å². The molecule has 2 aromatic rings. The zero-order chi connectivity index (χ0) is 24.0. The summed E-state index contributed by atoms with van der Waals surface area (Å²) in [4.78, 5) is 16.5. The van der Waals surface area contributed by atoms with E-state index in [1.165, 1.54) is 4.90 Å². The van der Waals surface area contributed by atoms with Crippen molar-refractivity contribution >= 4 is 46.6 Å². The second kappa shape index (κ2) is 11.2. The molecular formula is C25H27ClN2O4S. The zero-order valence-corrected chi connectivity index (χ0v) is 20.5. The smallest absolute Gasteiger partial charge is 0.277 e. The number of halogens is 1. The molecule has 0 unspecified atom stereocenters. The minimum absolute atomic E-state index is 0.227. The van der Waals surface area contributed by atoms with Gasteiger partial charge >= 0.3 is 0 Å². The number of hydrogen-bond donors (Lipinski definition) is 0. The molecule has 1 heterocycles. The average Bonchev–Trinajstić information content (AvgIpc) is 3.03.